The normalized spacial score (nSPS) is 18.7. The van der Waals surface area contributed by atoms with Crippen LogP contribution >= 0.6 is 0 Å². The Bertz CT molecular complexity index is 430. The van der Waals surface area contributed by atoms with Crippen LogP contribution in [0.3, 0.4) is 0 Å². The highest BCUT2D eigenvalue weighted by Crippen LogP contribution is 2.16. The first kappa shape index (κ1) is 11.1. The highest BCUT2D eigenvalue weighted by molar-refractivity contribution is 5.73. The molecule has 1 aromatic carbocycles. The Morgan fingerprint density at radius 2 is 1.88 bits per heavy atom. The fraction of sp³-hybridized carbons (Fsp3) is 0.636. The minimum absolute atomic E-state index is 0.202. The minimum atomic E-state index is -0.417. The van der Waals surface area contributed by atoms with Gasteiger partial charge in [0.1, 0.15) is 11.4 Å². The van der Waals surface area contributed by atoms with Crippen LogP contribution in [0.25, 0.3) is 0 Å². The van der Waals surface area contributed by atoms with Crippen LogP contribution in [0, 0.1) is 0 Å². The molecule has 2 rings (SSSR count). The van der Waals surface area contributed by atoms with Crippen LogP contribution in [0.5, 0.6) is 0 Å². The van der Waals surface area contributed by atoms with Gasteiger partial charge in [0.05, 0.1) is 12.7 Å². The maximum Gasteiger partial charge on any atom is 0.253 e. The minimum Gasteiger partial charge on any atom is -0.380 e. The molecule has 1 saturated heterocycles. The summed E-state index contributed by atoms with van der Waals surface area (Å²) < 4.78 is 5.02. The molecule has 2 N–H and O–H groups in total. The van der Waals surface area contributed by atoms with Crippen molar-refractivity contribution in [2.75, 3.05) is 30.3 Å². The van der Waals surface area contributed by atoms with E-state index in [1.54, 1.807) is 0 Å². The lowest BCUT2D eigenvalue weighted by molar-refractivity contribution is 0.416. The smallest absolute Gasteiger partial charge is 0.253 e. The first-order valence-electron chi connectivity index (χ1n) is 5.66. The SMILES string of the molecule is CCCCNc1c(NCC2CO2)c(=O)c1=O. The third-order valence-electron chi connectivity index (χ3n) is 2.65. The van der Waals surface area contributed by atoms with Crippen LogP contribution in [0.2, 0.25) is 0 Å². The van der Waals surface area contributed by atoms with Crippen LogP contribution in [0.15, 0.2) is 9.59 Å². The van der Waals surface area contributed by atoms with Crippen molar-refractivity contribution in [3.05, 3.63) is 20.4 Å². The standard InChI is InChI=1S/C11H16N2O3/c1-2-3-4-12-8-9(11(15)10(8)14)13-5-7-6-16-7/h7,12-13H,2-6H2,1H3. The number of ether oxygens (including phenoxy) is 1. The average Bonchev–Trinajstić information content (AvgIpc) is 3.10. The fourth-order valence-electron chi connectivity index (χ4n) is 1.52. The van der Waals surface area contributed by atoms with E-state index in [1.165, 1.54) is 0 Å². The molecule has 1 aromatic rings. The largest absolute Gasteiger partial charge is 0.380 e. The molecule has 1 aliphatic rings. The van der Waals surface area contributed by atoms with Gasteiger partial charge in [-0.2, -0.15) is 0 Å². The summed E-state index contributed by atoms with van der Waals surface area (Å²) in [6, 6.07) is 0. The van der Waals surface area contributed by atoms with Crippen LogP contribution in [0.4, 0.5) is 11.4 Å². The Labute approximate surface area is 93.5 Å². The monoisotopic (exact) mass is 224 g/mol. The molecule has 1 atom stereocenters. The van der Waals surface area contributed by atoms with Gasteiger partial charge in [-0.1, -0.05) is 13.3 Å². The molecule has 1 unspecified atom stereocenters. The zero-order valence-corrected chi connectivity index (χ0v) is 9.34. The van der Waals surface area contributed by atoms with Gasteiger partial charge in [-0.25, -0.2) is 0 Å². The molecular formula is C11H16N2O3. The van der Waals surface area contributed by atoms with Crippen LogP contribution in [0.1, 0.15) is 19.8 Å². The third kappa shape index (κ3) is 2.24. The van der Waals surface area contributed by atoms with Gasteiger partial charge in [-0.3, -0.25) is 9.59 Å². The number of hydrogen-bond acceptors (Lipinski definition) is 5. The Morgan fingerprint density at radius 3 is 2.44 bits per heavy atom. The van der Waals surface area contributed by atoms with E-state index in [4.69, 9.17) is 4.74 Å². The number of rotatable bonds is 7. The van der Waals surface area contributed by atoms with E-state index >= 15 is 0 Å². The first-order valence-corrected chi connectivity index (χ1v) is 5.66. The third-order valence-corrected chi connectivity index (χ3v) is 2.65. The molecule has 0 radical (unpaired) electrons. The van der Waals surface area contributed by atoms with Crippen LogP contribution in [-0.2, 0) is 4.74 Å². The van der Waals surface area contributed by atoms with E-state index in [0.29, 0.717) is 17.9 Å². The van der Waals surface area contributed by atoms with E-state index in [9.17, 15) is 9.59 Å². The molecule has 5 heteroatoms. The molecular weight excluding hydrogens is 208 g/mol. The van der Waals surface area contributed by atoms with Gasteiger partial charge in [-0.15, -0.1) is 0 Å². The second-order valence-corrected chi connectivity index (χ2v) is 4.02. The second kappa shape index (κ2) is 4.65. The van der Waals surface area contributed by atoms with E-state index < -0.39 is 10.9 Å². The maximum atomic E-state index is 11.3. The fourth-order valence-corrected chi connectivity index (χ4v) is 1.52. The Kier molecular flexibility index (Phi) is 3.24. The van der Waals surface area contributed by atoms with Crippen molar-refractivity contribution in [3.63, 3.8) is 0 Å². The van der Waals surface area contributed by atoms with Crippen molar-refractivity contribution in [1.82, 2.24) is 0 Å². The van der Waals surface area contributed by atoms with Gasteiger partial charge >= 0.3 is 0 Å². The lowest BCUT2D eigenvalue weighted by Gasteiger charge is -2.13. The number of anilines is 2. The number of nitrogens with one attached hydrogen (secondary N) is 2. The molecule has 0 bridgehead atoms. The summed E-state index contributed by atoms with van der Waals surface area (Å²) in [5, 5.41) is 5.96. The number of unbranched alkanes of at least 4 members (excludes halogenated alkanes) is 1. The molecule has 1 aliphatic heterocycles. The van der Waals surface area contributed by atoms with Crippen LogP contribution < -0.4 is 21.5 Å². The summed E-state index contributed by atoms with van der Waals surface area (Å²) in [7, 11) is 0. The van der Waals surface area contributed by atoms with Crippen molar-refractivity contribution < 1.29 is 4.74 Å². The topological polar surface area (TPSA) is 70.7 Å². The predicted octanol–water partition coefficient (Wildman–Crippen LogP) is 0.305. The van der Waals surface area contributed by atoms with Crippen molar-refractivity contribution in [1.29, 1.82) is 0 Å². The molecule has 88 valence electrons. The second-order valence-electron chi connectivity index (χ2n) is 4.02. The van der Waals surface area contributed by atoms with Crippen molar-refractivity contribution in [2.24, 2.45) is 0 Å². The molecule has 0 saturated carbocycles. The van der Waals surface area contributed by atoms with E-state index in [2.05, 4.69) is 17.6 Å². The molecule has 0 amide bonds. The van der Waals surface area contributed by atoms with Crippen molar-refractivity contribution in [2.45, 2.75) is 25.9 Å². The summed E-state index contributed by atoms with van der Waals surface area (Å²) in [4.78, 5) is 22.6. The molecule has 16 heavy (non-hydrogen) atoms. The lowest BCUT2D eigenvalue weighted by atomic mass is 10.2. The molecule has 5 nitrogen and oxygen atoms in total. The number of hydrogen-bond donors (Lipinski definition) is 2. The molecule has 0 aromatic heterocycles. The highest BCUT2D eigenvalue weighted by Gasteiger charge is 2.25. The average molecular weight is 224 g/mol. The van der Waals surface area contributed by atoms with Crippen LogP contribution in [-0.4, -0.2) is 25.8 Å². The van der Waals surface area contributed by atoms with Gasteiger partial charge in [0.25, 0.3) is 10.9 Å². The van der Waals surface area contributed by atoms with Gasteiger partial charge < -0.3 is 15.4 Å². The summed E-state index contributed by atoms with van der Waals surface area (Å²) in [6.45, 7) is 4.15. The van der Waals surface area contributed by atoms with Gasteiger partial charge in [0, 0.05) is 13.1 Å². The van der Waals surface area contributed by atoms with Gasteiger partial charge in [-0.05, 0) is 6.42 Å². The van der Waals surface area contributed by atoms with E-state index in [1.807, 2.05) is 0 Å². The summed E-state index contributed by atoms with van der Waals surface area (Å²) in [5.74, 6) is 0. The first-order chi connectivity index (χ1) is 7.74. The zero-order valence-electron chi connectivity index (χ0n) is 9.34. The van der Waals surface area contributed by atoms with Gasteiger partial charge in [0.15, 0.2) is 0 Å². The molecule has 0 aliphatic carbocycles. The maximum absolute atomic E-state index is 11.3. The molecule has 1 fully saturated rings. The summed E-state index contributed by atoms with van der Waals surface area (Å²) >= 11 is 0. The molecule has 1 heterocycles. The zero-order chi connectivity index (χ0) is 11.5. The Balaban J connectivity index is 1.91. The van der Waals surface area contributed by atoms with E-state index in [-0.39, 0.29) is 6.10 Å². The predicted molar refractivity (Wildman–Crippen MR) is 63.0 cm³/mol. The van der Waals surface area contributed by atoms with Crippen molar-refractivity contribution >= 4 is 11.4 Å². The number of epoxide rings is 1. The van der Waals surface area contributed by atoms with Crippen molar-refractivity contribution in [3.8, 4) is 0 Å². The summed E-state index contributed by atoms with van der Waals surface area (Å²) in [5.41, 5.74) is 0.0469. The lowest BCUT2D eigenvalue weighted by Crippen LogP contribution is -2.38. The summed E-state index contributed by atoms with van der Waals surface area (Å²) in [6.07, 6.45) is 2.25. The Morgan fingerprint density at radius 1 is 1.25 bits per heavy atom. The Hall–Kier alpha value is -1.36. The highest BCUT2D eigenvalue weighted by atomic mass is 16.6. The quantitative estimate of drug-likeness (QED) is 0.396. The molecule has 0 spiro atoms. The van der Waals surface area contributed by atoms with Gasteiger partial charge in [0.2, 0.25) is 0 Å². The van der Waals surface area contributed by atoms with E-state index in [0.717, 1.165) is 26.0 Å².